The number of hydrogen-bond acceptors (Lipinski definition) is 4. The first-order valence-electron chi connectivity index (χ1n) is 11.7. The van der Waals surface area contributed by atoms with Gasteiger partial charge in [0.15, 0.2) is 4.96 Å². The van der Waals surface area contributed by atoms with Crippen molar-refractivity contribution in [2.45, 2.75) is 26.7 Å². The summed E-state index contributed by atoms with van der Waals surface area (Å²) in [5.41, 5.74) is 5.11. The lowest BCUT2D eigenvalue weighted by Crippen LogP contribution is -2.40. The minimum absolute atomic E-state index is 0.0130. The second kappa shape index (κ2) is 9.43. The molecule has 0 aliphatic heterocycles. The van der Waals surface area contributed by atoms with Crippen LogP contribution in [-0.4, -0.2) is 45.7 Å². The van der Waals surface area contributed by atoms with E-state index in [9.17, 15) is 9.59 Å². The molecular weight excluding hydrogens is 444 g/mol. The molecular formula is C27H28N4O2S. The van der Waals surface area contributed by atoms with Crippen LogP contribution in [0, 0.1) is 19.8 Å². The fourth-order valence-electron chi connectivity index (χ4n) is 4.35. The number of hydrogen-bond donors (Lipinski definition) is 1. The Morgan fingerprint density at radius 3 is 2.76 bits per heavy atom. The van der Waals surface area contributed by atoms with Crippen molar-refractivity contribution >= 4 is 28.1 Å². The lowest BCUT2D eigenvalue weighted by atomic mass is 9.97. The van der Waals surface area contributed by atoms with Crippen LogP contribution < -0.4 is 5.32 Å². The van der Waals surface area contributed by atoms with Gasteiger partial charge in [-0.3, -0.25) is 14.0 Å². The molecule has 0 radical (unpaired) electrons. The first-order valence-corrected chi connectivity index (χ1v) is 12.5. The molecule has 174 valence electrons. The van der Waals surface area contributed by atoms with Crippen LogP contribution in [0.4, 0.5) is 0 Å². The van der Waals surface area contributed by atoms with Gasteiger partial charge in [-0.2, -0.15) is 0 Å². The topological polar surface area (TPSA) is 66.7 Å². The highest BCUT2D eigenvalue weighted by atomic mass is 32.1. The Hall–Kier alpha value is -3.45. The molecule has 5 rings (SSSR count). The Morgan fingerprint density at radius 2 is 1.97 bits per heavy atom. The molecule has 1 fully saturated rings. The first-order chi connectivity index (χ1) is 16.5. The summed E-state index contributed by atoms with van der Waals surface area (Å²) in [7, 11) is 0. The van der Waals surface area contributed by atoms with E-state index < -0.39 is 0 Å². The number of imidazole rings is 1. The summed E-state index contributed by atoms with van der Waals surface area (Å²) in [5, 5.41) is 4.92. The van der Waals surface area contributed by atoms with E-state index in [1.54, 1.807) is 0 Å². The van der Waals surface area contributed by atoms with Crippen molar-refractivity contribution < 1.29 is 9.59 Å². The fraction of sp³-hybridized carbons (Fsp3) is 0.296. The number of nitrogens with zero attached hydrogens (tertiary/aromatic N) is 3. The third-order valence-electron chi connectivity index (χ3n) is 6.27. The van der Waals surface area contributed by atoms with Gasteiger partial charge in [-0.15, -0.1) is 11.3 Å². The van der Waals surface area contributed by atoms with Crippen molar-refractivity contribution in [1.82, 2.24) is 19.6 Å². The van der Waals surface area contributed by atoms with Gasteiger partial charge in [-0.05, 0) is 49.8 Å². The van der Waals surface area contributed by atoms with E-state index >= 15 is 0 Å². The minimum atomic E-state index is -0.164. The molecule has 0 atom stereocenters. The fourth-order valence-corrected chi connectivity index (χ4v) is 5.11. The van der Waals surface area contributed by atoms with E-state index in [-0.39, 0.29) is 11.8 Å². The van der Waals surface area contributed by atoms with Crippen LogP contribution in [0.3, 0.4) is 0 Å². The van der Waals surface area contributed by atoms with E-state index in [4.69, 9.17) is 0 Å². The summed E-state index contributed by atoms with van der Waals surface area (Å²) in [5.74, 6) is 0.398. The van der Waals surface area contributed by atoms with E-state index in [1.807, 2.05) is 64.2 Å². The van der Waals surface area contributed by atoms with Gasteiger partial charge >= 0.3 is 0 Å². The van der Waals surface area contributed by atoms with Crippen LogP contribution in [0.2, 0.25) is 0 Å². The van der Waals surface area contributed by atoms with Gasteiger partial charge < -0.3 is 10.2 Å². The number of carbonyl (C=O) groups excluding carboxylic acids is 2. The molecule has 0 saturated heterocycles. The predicted molar refractivity (Wildman–Crippen MR) is 135 cm³/mol. The van der Waals surface area contributed by atoms with Gasteiger partial charge in [0, 0.05) is 36.8 Å². The highest BCUT2D eigenvalue weighted by Gasteiger charge is 2.28. The van der Waals surface area contributed by atoms with Crippen molar-refractivity contribution in [2.75, 3.05) is 19.6 Å². The molecule has 0 spiro atoms. The molecule has 2 aromatic carbocycles. The maximum absolute atomic E-state index is 13.7. The Balaban J connectivity index is 1.32. The summed E-state index contributed by atoms with van der Waals surface area (Å²) >= 11 is 1.50. The first kappa shape index (κ1) is 22.3. The Labute approximate surface area is 203 Å². The minimum Gasteiger partial charge on any atom is -0.349 e. The molecule has 6 nitrogen and oxygen atoms in total. The average Bonchev–Trinajstić information content (AvgIpc) is 3.45. The monoisotopic (exact) mass is 472 g/mol. The van der Waals surface area contributed by atoms with Crippen LogP contribution in [0.25, 0.3) is 16.1 Å². The van der Waals surface area contributed by atoms with Crippen LogP contribution in [0.15, 0.2) is 60.1 Å². The quantitative estimate of drug-likeness (QED) is 0.394. The van der Waals surface area contributed by atoms with Crippen molar-refractivity contribution in [1.29, 1.82) is 0 Å². The maximum atomic E-state index is 13.7. The van der Waals surface area contributed by atoms with Gasteiger partial charge in [0.1, 0.15) is 5.69 Å². The molecule has 0 bridgehead atoms. The number of nitrogens with one attached hydrogen (secondary N) is 1. The summed E-state index contributed by atoms with van der Waals surface area (Å²) in [6, 6.07) is 16.0. The zero-order valence-electron chi connectivity index (χ0n) is 19.5. The third-order valence-corrected chi connectivity index (χ3v) is 7.02. The number of thiazole rings is 1. The maximum Gasteiger partial charge on any atom is 0.270 e. The highest BCUT2D eigenvalue weighted by molar-refractivity contribution is 7.15. The van der Waals surface area contributed by atoms with Gasteiger partial charge in [0.25, 0.3) is 11.8 Å². The summed E-state index contributed by atoms with van der Waals surface area (Å²) in [4.78, 5) is 33.7. The molecule has 0 unspecified atom stereocenters. The van der Waals surface area contributed by atoms with Crippen LogP contribution >= 0.6 is 11.3 Å². The van der Waals surface area contributed by atoms with E-state index in [1.165, 1.54) is 11.3 Å². The zero-order chi connectivity index (χ0) is 23.7. The molecule has 1 N–H and O–H groups in total. The van der Waals surface area contributed by atoms with E-state index in [0.29, 0.717) is 36.0 Å². The average molecular weight is 473 g/mol. The molecule has 7 heteroatoms. The van der Waals surface area contributed by atoms with E-state index in [0.717, 1.165) is 41.0 Å². The lowest BCUT2D eigenvalue weighted by Gasteiger charge is -2.24. The van der Waals surface area contributed by atoms with E-state index in [2.05, 4.69) is 29.4 Å². The summed E-state index contributed by atoms with van der Waals surface area (Å²) < 4.78 is 1.82. The van der Waals surface area contributed by atoms with Crippen LogP contribution in [-0.2, 0) is 0 Å². The smallest absolute Gasteiger partial charge is 0.270 e. The number of aromatic nitrogens is 2. The normalized spacial score (nSPS) is 13.2. The van der Waals surface area contributed by atoms with Gasteiger partial charge in [-0.1, -0.05) is 48.0 Å². The van der Waals surface area contributed by atoms with Crippen molar-refractivity contribution in [3.05, 3.63) is 82.6 Å². The standard InChI is InChI=1S/C27H28N4O2S/c1-18-6-5-7-21(16-18)22-8-3-4-9-23(22)26(33)30(17-20-10-11-20)13-12-28-25(32)24-19(2)29-27-31(24)14-15-34-27/h3-9,14-16,20H,10-13,17H2,1-2H3,(H,28,32). The third kappa shape index (κ3) is 4.61. The molecule has 2 aromatic heterocycles. The Morgan fingerprint density at radius 1 is 1.15 bits per heavy atom. The second-order valence-corrected chi connectivity index (χ2v) is 9.84. The van der Waals surface area contributed by atoms with Crippen LogP contribution in [0.1, 0.15) is 44.9 Å². The van der Waals surface area contributed by atoms with Crippen molar-refractivity contribution in [3.8, 4) is 11.1 Å². The van der Waals surface area contributed by atoms with Gasteiger partial charge in [0.05, 0.1) is 5.69 Å². The molecule has 2 heterocycles. The SMILES string of the molecule is Cc1cccc(-c2ccccc2C(=O)N(CCNC(=O)c2c(C)nc3sccn23)CC2CC2)c1. The second-order valence-electron chi connectivity index (χ2n) is 8.97. The molecule has 1 aliphatic rings. The Bertz CT molecular complexity index is 1350. The zero-order valence-corrected chi connectivity index (χ0v) is 20.3. The number of fused-ring (bicyclic) bond motifs is 1. The lowest BCUT2D eigenvalue weighted by molar-refractivity contribution is 0.0741. The van der Waals surface area contributed by atoms with Gasteiger partial charge in [0.2, 0.25) is 0 Å². The van der Waals surface area contributed by atoms with Crippen molar-refractivity contribution in [2.24, 2.45) is 5.92 Å². The Kier molecular flexibility index (Phi) is 6.20. The summed E-state index contributed by atoms with van der Waals surface area (Å²) in [6.45, 7) is 5.48. The number of aryl methyl sites for hydroxylation is 2. The molecule has 4 aromatic rings. The molecule has 34 heavy (non-hydrogen) atoms. The molecule has 2 amide bonds. The van der Waals surface area contributed by atoms with Crippen LogP contribution in [0.5, 0.6) is 0 Å². The number of carbonyl (C=O) groups is 2. The summed E-state index contributed by atoms with van der Waals surface area (Å²) in [6.07, 6.45) is 4.17. The highest BCUT2D eigenvalue weighted by Crippen LogP contribution is 2.31. The largest absolute Gasteiger partial charge is 0.349 e. The van der Waals surface area contributed by atoms with Gasteiger partial charge in [-0.25, -0.2) is 4.98 Å². The number of benzene rings is 2. The molecule has 1 aliphatic carbocycles. The number of rotatable bonds is 8. The number of amides is 2. The van der Waals surface area contributed by atoms with Crippen molar-refractivity contribution in [3.63, 3.8) is 0 Å². The predicted octanol–water partition coefficient (Wildman–Crippen LogP) is 4.96. The molecule has 1 saturated carbocycles.